The van der Waals surface area contributed by atoms with Crippen molar-refractivity contribution in [1.29, 1.82) is 0 Å². The van der Waals surface area contributed by atoms with Crippen LogP contribution in [0, 0.1) is 11.7 Å². The Morgan fingerprint density at radius 3 is 2.35 bits per heavy atom. The monoisotopic (exact) mass is 278 g/mol. The fraction of sp³-hybridized carbons (Fsp3) is 0.562. The van der Waals surface area contributed by atoms with Crippen molar-refractivity contribution >= 4 is 6.03 Å². The quantitative estimate of drug-likeness (QED) is 0.865. The van der Waals surface area contributed by atoms with Gasteiger partial charge in [0, 0.05) is 6.04 Å². The Morgan fingerprint density at radius 1 is 1.20 bits per heavy atom. The zero-order valence-corrected chi connectivity index (χ0v) is 12.2. The molecule has 0 unspecified atom stereocenters. The van der Waals surface area contributed by atoms with Crippen LogP contribution in [0.15, 0.2) is 24.3 Å². The second kappa shape index (κ2) is 6.73. The van der Waals surface area contributed by atoms with Crippen molar-refractivity contribution in [3.05, 3.63) is 35.6 Å². The first-order valence-electron chi connectivity index (χ1n) is 7.39. The molecule has 2 amide bonds. The molecule has 1 aliphatic carbocycles. The maximum Gasteiger partial charge on any atom is 0.315 e. The van der Waals surface area contributed by atoms with Gasteiger partial charge >= 0.3 is 6.03 Å². The number of hydrogen-bond donors (Lipinski definition) is 2. The van der Waals surface area contributed by atoms with E-state index in [0.29, 0.717) is 6.04 Å². The van der Waals surface area contributed by atoms with E-state index in [9.17, 15) is 9.18 Å². The van der Waals surface area contributed by atoms with Gasteiger partial charge in [-0.1, -0.05) is 38.8 Å². The highest BCUT2D eigenvalue weighted by Crippen LogP contribution is 2.22. The third kappa shape index (κ3) is 3.95. The van der Waals surface area contributed by atoms with E-state index in [0.717, 1.165) is 18.4 Å². The first-order chi connectivity index (χ1) is 9.56. The third-order valence-corrected chi connectivity index (χ3v) is 3.87. The summed E-state index contributed by atoms with van der Waals surface area (Å²) in [5.74, 6) is -0.0125. The van der Waals surface area contributed by atoms with Gasteiger partial charge in [0.05, 0.1) is 6.04 Å². The number of urea groups is 1. The Balaban J connectivity index is 1.98. The summed E-state index contributed by atoms with van der Waals surface area (Å²) in [4.78, 5) is 12.1. The molecule has 1 aromatic carbocycles. The second-order valence-corrected chi connectivity index (χ2v) is 5.87. The van der Waals surface area contributed by atoms with E-state index in [4.69, 9.17) is 0 Å². The zero-order chi connectivity index (χ0) is 14.5. The number of benzene rings is 1. The SMILES string of the molecule is CC(C)[C@@H](NC(=O)NC1CCCC1)c1ccc(F)cc1. The molecule has 0 heterocycles. The molecule has 110 valence electrons. The first-order valence-corrected chi connectivity index (χ1v) is 7.39. The minimum Gasteiger partial charge on any atom is -0.335 e. The fourth-order valence-electron chi connectivity index (χ4n) is 2.74. The van der Waals surface area contributed by atoms with E-state index in [1.807, 2.05) is 13.8 Å². The summed E-state index contributed by atoms with van der Waals surface area (Å²) in [5, 5.41) is 6.03. The Bertz CT molecular complexity index is 438. The molecular formula is C16H23FN2O. The average molecular weight is 278 g/mol. The standard InChI is InChI=1S/C16H23FN2O/c1-11(2)15(12-7-9-13(17)10-8-12)19-16(20)18-14-5-3-4-6-14/h7-11,14-15H,3-6H2,1-2H3,(H2,18,19,20)/t15-/m1/s1. The molecule has 0 aliphatic heterocycles. The maximum atomic E-state index is 13.0. The van der Waals surface area contributed by atoms with Gasteiger partial charge in [0.2, 0.25) is 0 Å². The average Bonchev–Trinajstić information content (AvgIpc) is 2.90. The van der Waals surface area contributed by atoms with Gasteiger partial charge in [-0.15, -0.1) is 0 Å². The van der Waals surface area contributed by atoms with Crippen molar-refractivity contribution in [1.82, 2.24) is 10.6 Å². The van der Waals surface area contributed by atoms with Gasteiger partial charge in [0.25, 0.3) is 0 Å². The summed E-state index contributed by atoms with van der Waals surface area (Å²) in [5.41, 5.74) is 0.933. The van der Waals surface area contributed by atoms with E-state index in [2.05, 4.69) is 10.6 Å². The molecule has 1 aromatic rings. The van der Waals surface area contributed by atoms with Crippen LogP contribution in [0.5, 0.6) is 0 Å². The van der Waals surface area contributed by atoms with Crippen LogP contribution in [-0.2, 0) is 0 Å². The molecule has 1 saturated carbocycles. The van der Waals surface area contributed by atoms with Crippen LogP contribution < -0.4 is 10.6 Å². The number of nitrogens with one attached hydrogen (secondary N) is 2. The van der Waals surface area contributed by atoms with Crippen molar-refractivity contribution in [3.63, 3.8) is 0 Å². The summed E-state index contributed by atoms with van der Waals surface area (Å²) >= 11 is 0. The van der Waals surface area contributed by atoms with E-state index in [1.165, 1.54) is 25.0 Å². The largest absolute Gasteiger partial charge is 0.335 e. The molecule has 0 aromatic heterocycles. The number of hydrogen-bond acceptors (Lipinski definition) is 1. The summed E-state index contributed by atoms with van der Waals surface area (Å²) in [7, 11) is 0. The number of halogens is 1. The summed E-state index contributed by atoms with van der Waals surface area (Å²) in [6.45, 7) is 4.09. The van der Waals surface area contributed by atoms with Crippen molar-refractivity contribution in [3.8, 4) is 0 Å². The summed E-state index contributed by atoms with van der Waals surface area (Å²) in [6.07, 6.45) is 4.51. The molecular weight excluding hydrogens is 255 g/mol. The van der Waals surface area contributed by atoms with Crippen molar-refractivity contribution < 1.29 is 9.18 Å². The molecule has 0 bridgehead atoms. The molecule has 3 nitrogen and oxygen atoms in total. The molecule has 0 spiro atoms. The van der Waals surface area contributed by atoms with Crippen LogP contribution >= 0.6 is 0 Å². The lowest BCUT2D eigenvalue weighted by Crippen LogP contribution is -2.43. The normalized spacial score (nSPS) is 17.2. The third-order valence-electron chi connectivity index (χ3n) is 3.87. The van der Waals surface area contributed by atoms with Gasteiger partial charge in [-0.2, -0.15) is 0 Å². The van der Waals surface area contributed by atoms with E-state index in [-0.39, 0.29) is 23.8 Å². The predicted octanol–water partition coefficient (Wildman–Crippen LogP) is 3.76. The molecule has 1 fully saturated rings. The minimum atomic E-state index is -0.258. The predicted molar refractivity (Wildman–Crippen MR) is 77.9 cm³/mol. The lowest BCUT2D eigenvalue weighted by Gasteiger charge is -2.24. The van der Waals surface area contributed by atoms with Crippen LogP contribution in [0.1, 0.15) is 51.1 Å². The summed E-state index contributed by atoms with van der Waals surface area (Å²) in [6, 6.07) is 6.40. The number of carbonyl (C=O) groups is 1. The molecule has 0 saturated heterocycles. The highest BCUT2D eigenvalue weighted by molar-refractivity contribution is 5.74. The van der Waals surface area contributed by atoms with Gasteiger partial charge in [-0.25, -0.2) is 9.18 Å². The lowest BCUT2D eigenvalue weighted by molar-refractivity contribution is 0.229. The van der Waals surface area contributed by atoms with Crippen molar-refractivity contribution in [2.75, 3.05) is 0 Å². The number of amides is 2. The molecule has 4 heteroatoms. The summed E-state index contributed by atoms with van der Waals surface area (Å²) < 4.78 is 13.0. The molecule has 0 radical (unpaired) electrons. The minimum absolute atomic E-state index is 0.1000. The Kier molecular flexibility index (Phi) is 4.99. The molecule has 20 heavy (non-hydrogen) atoms. The Labute approximate surface area is 120 Å². The van der Waals surface area contributed by atoms with Crippen LogP contribution in [0.4, 0.5) is 9.18 Å². The lowest BCUT2D eigenvalue weighted by atomic mass is 9.96. The first kappa shape index (κ1) is 14.8. The maximum absolute atomic E-state index is 13.0. The van der Waals surface area contributed by atoms with Gasteiger partial charge in [-0.3, -0.25) is 0 Å². The highest BCUT2D eigenvalue weighted by atomic mass is 19.1. The van der Waals surface area contributed by atoms with E-state index < -0.39 is 0 Å². The number of rotatable bonds is 4. The second-order valence-electron chi connectivity index (χ2n) is 5.87. The Hall–Kier alpha value is -1.58. The van der Waals surface area contributed by atoms with Gasteiger partial charge in [0.1, 0.15) is 5.82 Å². The topological polar surface area (TPSA) is 41.1 Å². The Morgan fingerprint density at radius 2 is 1.80 bits per heavy atom. The molecule has 1 aliphatic rings. The van der Waals surface area contributed by atoms with Crippen molar-refractivity contribution in [2.45, 2.75) is 51.6 Å². The highest BCUT2D eigenvalue weighted by Gasteiger charge is 2.21. The zero-order valence-electron chi connectivity index (χ0n) is 12.2. The van der Waals surface area contributed by atoms with E-state index >= 15 is 0 Å². The van der Waals surface area contributed by atoms with Crippen LogP contribution in [0.2, 0.25) is 0 Å². The van der Waals surface area contributed by atoms with Gasteiger partial charge < -0.3 is 10.6 Å². The molecule has 2 rings (SSSR count). The van der Waals surface area contributed by atoms with Gasteiger partial charge in [-0.05, 0) is 36.5 Å². The fourth-order valence-corrected chi connectivity index (χ4v) is 2.74. The van der Waals surface area contributed by atoms with Gasteiger partial charge in [0.15, 0.2) is 0 Å². The molecule has 1 atom stereocenters. The molecule has 2 N–H and O–H groups in total. The van der Waals surface area contributed by atoms with Crippen molar-refractivity contribution in [2.24, 2.45) is 5.92 Å². The van der Waals surface area contributed by atoms with Crippen LogP contribution in [0.25, 0.3) is 0 Å². The number of carbonyl (C=O) groups excluding carboxylic acids is 1. The van der Waals surface area contributed by atoms with Crippen LogP contribution in [0.3, 0.4) is 0 Å². The van der Waals surface area contributed by atoms with E-state index in [1.54, 1.807) is 12.1 Å². The smallest absolute Gasteiger partial charge is 0.315 e. The van der Waals surface area contributed by atoms with Crippen LogP contribution in [-0.4, -0.2) is 12.1 Å².